The molecule has 1 rings (SSSR count). The Bertz CT molecular complexity index is 352. The topological polar surface area (TPSA) is 38.8 Å². The molecule has 0 aromatic heterocycles. The second-order valence-electron chi connectivity index (χ2n) is 4.62. The van der Waals surface area contributed by atoms with Gasteiger partial charge in [-0.05, 0) is 45.6 Å². The maximum Gasteiger partial charge on any atom is 0.338 e. The van der Waals surface area contributed by atoms with Crippen LogP contribution >= 0.6 is 0 Å². The summed E-state index contributed by atoms with van der Waals surface area (Å²) in [6.07, 6.45) is 2.15. The summed E-state index contributed by atoms with van der Waals surface area (Å²) in [6, 6.07) is 8.98. The van der Waals surface area contributed by atoms with E-state index in [1.165, 1.54) is 0 Å². The molecule has 4 nitrogen and oxygen atoms in total. The minimum absolute atomic E-state index is 0.295. The third-order valence-electron chi connectivity index (χ3n) is 2.61. The summed E-state index contributed by atoms with van der Waals surface area (Å²) in [5.41, 5.74) is 0.577. The molecule has 4 heteroatoms. The van der Waals surface area contributed by atoms with Crippen LogP contribution in [0.1, 0.15) is 23.2 Å². The fourth-order valence-electron chi connectivity index (χ4n) is 1.59. The van der Waals surface area contributed by atoms with Crippen molar-refractivity contribution in [3.05, 3.63) is 35.9 Å². The number of benzene rings is 1. The van der Waals surface area contributed by atoms with Gasteiger partial charge in [-0.15, -0.1) is 0 Å². The monoisotopic (exact) mass is 265 g/mol. The number of rotatable bonds is 9. The molecule has 19 heavy (non-hydrogen) atoms. The average molecular weight is 265 g/mol. The molecule has 0 spiro atoms. The van der Waals surface area contributed by atoms with Crippen LogP contribution in [-0.4, -0.2) is 51.3 Å². The highest BCUT2D eigenvalue weighted by atomic mass is 16.6. The van der Waals surface area contributed by atoms with Crippen LogP contribution in [0.2, 0.25) is 0 Å². The summed E-state index contributed by atoms with van der Waals surface area (Å²) in [5.74, 6) is -0.295. The Hall–Kier alpha value is -1.39. The zero-order valence-corrected chi connectivity index (χ0v) is 11.8. The number of carbonyl (C=O) groups is 1. The Balaban J connectivity index is 1.98. The van der Waals surface area contributed by atoms with E-state index in [-0.39, 0.29) is 5.97 Å². The van der Waals surface area contributed by atoms with Crippen molar-refractivity contribution < 1.29 is 14.3 Å². The standard InChI is InChI=1S/C15H23NO3/c1-16(2)10-6-7-11-18-12-13-19-15(17)14-8-4-3-5-9-14/h3-5,8-9H,6-7,10-13H2,1-2H3. The molecular formula is C15H23NO3. The molecule has 0 atom stereocenters. The first kappa shape index (κ1) is 15.7. The van der Waals surface area contributed by atoms with Crippen molar-refractivity contribution in [3.63, 3.8) is 0 Å². The van der Waals surface area contributed by atoms with Gasteiger partial charge in [0.15, 0.2) is 0 Å². The summed E-state index contributed by atoms with van der Waals surface area (Å²) < 4.78 is 10.5. The van der Waals surface area contributed by atoms with Crippen LogP contribution in [0.25, 0.3) is 0 Å². The molecule has 0 saturated carbocycles. The number of esters is 1. The number of nitrogens with zero attached hydrogens (tertiary/aromatic N) is 1. The predicted octanol–water partition coefficient (Wildman–Crippen LogP) is 2.20. The van der Waals surface area contributed by atoms with E-state index in [1.54, 1.807) is 12.1 Å². The molecule has 0 fully saturated rings. The molecule has 0 saturated heterocycles. The number of hydrogen-bond donors (Lipinski definition) is 0. The Morgan fingerprint density at radius 1 is 1.05 bits per heavy atom. The van der Waals surface area contributed by atoms with Gasteiger partial charge in [0.25, 0.3) is 0 Å². The van der Waals surface area contributed by atoms with Crippen molar-refractivity contribution in [1.82, 2.24) is 4.90 Å². The minimum Gasteiger partial charge on any atom is -0.460 e. The number of ether oxygens (including phenoxy) is 2. The van der Waals surface area contributed by atoms with Crippen LogP contribution < -0.4 is 0 Å². The zero-order chi connectivity index (χ0) is 13.9. The van der Waals surface area contributed by atoms with E-state index in [0.29, 0.717) is 18.8 Å². The van der Waals surface area contributed by atoms with Crippen LogP contribution in [-0.2, 0) is 9.47 Å². The summed E-state index contributed by atoms with van der Waals surface area (Å²) in [4.78, 5) is 13.7. The smallest absolute Gasteiger partial charge is 0.338 e. The normalized spacial score (nSPS) is 10.7. The maximum absolute atomic E-state index is 11.6. The summed E-state index contributed by atoms with van der Waals surface area (Å²) in [7, 11) is 4.12. The van der Waals surface area contributed by atoms with Crippen molar-refractivity contribution in [2.45, 2.75) is 12.8 Å². The van der Waals surface area contributed by atoms with Crippen LogP contribution in [0.3, 0.4) is 0 Å². The van der Waals surface area contributed by atoms with E-state index < -0.39 is 0 Å². The first-order valence-electron chi connectivity index (χ1n) is 6.65. The lowest BCUT2D eigenvalue weighted by atomic mass is 10.2. The molecule has 0 aliphatic heterocycles. The lowest BCUT2D eigenvalue weighted by Crippen LogP contribution is -2.14. The lowest BCUT2D eigenvalue weighted by Gasteiger charge is -2.09. The summed E-state index contributed by atoms with van der Waals surface area (Å²) in [5, 5.41) is 0. The van der Waals surface area contributed by atoms with Gasteiger partial charge in [-0.25, -0.2) is 4.79 Å². The Morgan fingerprint density at radius 3 is 2.47 bits per heavy atom. The van der Waals surface area contributed by atoms with E-state index >= 15 is 0 Å². The zero-order valence-electron chi connectivity index (χ0n) is 11.8. The Kier molecular flexibility index (Phi) is 7.86. The number of hydrogen-bond acceptors (Lipinski definition) is 4. The molecule has 0 radical (unpaired) electrons. The van der Waals surface area contributed by atoms with Gasteiger partial charge in [-0.2, -0.15) is 0 Å². The second-order valence-corrected chi connectivity index (χ2v) is 4.62. The first-order chi connectivity index (χ1) is 9.20. The highest BCUT2D eigenvalue weighted by Gasteiger charge is 2.04. The molecule has 0 heterocycles. The molecule has 0 unspecified atom stereocenters. The van der Waals surface area contributed by atoms with E-state index in [9.17, 15) is 4.79 Å². The van der Waals surface area contributed by atoms with Gasteiger partial charge in [-0.1, -0.05) is 18.2 Å². The van der Waals surface area contributed by atoms with Crippen molar-refractivity contribution in [3.8, 4) is 0 Å². The predicted molar refractivity (Wildman–Crippen MR) is 75.3 cm³/mol. The first-order valence-corrected chi connectivity index (χ1v) is 6.65. The van der Waals surface area contributed by atoms with Crippen molar-refractivity contribution in [2.75, 3.05) is 40.5 Å². The van der Waals surface area contributed by atoms with Gasteiger partial charge in [0, 0.05) is 6.61 Å². The molecule has 1 aromatic carbocycles. The number of unbranched alkanes of at least 4 members (excludes halogenated alkanes) is 1. The van der Waals surface area contributed by atoms with Crippen LogP contribution in [0.15, 0.2) is 30.3 Å². The fourth-order valence-corrected chi connectivity index (χ4v) is 1.59. The molecule has 0 amide bonds. The van der Waals surface area contributed by atoms with Gasteiger partial charge in [0.2, 0.25) is 0 Å². The Morgan fingerprint density at radius 2 is 1.79 bits per heavy atom. The van der Waals surface area contributed by atoms with E-state index in [2.05, 4.69) is 19.0 Å². The lowest BCUT2D eigenvalue weighted by molar-refractivity contribution is 0.0311. The number of carbonyl (C=O) groups excluding carboxylic acids is 1. The van der Waals surface area contributed by atoms with Gasteiger partial charge in [-0.3, -0.25) is 0 Å². The van der Waals surface area contributed by atoms with Gasteiger partial charge in [0.1, 0.15) is 6.61 Å². The SMILES string of the molecule is CN(C)CCCCOCCOC(=O)c1ccccc1. The highest BCUT2D eigenvalue weighted by molar-refractivity contribution is 5.89. The molecule has 0 bridgehead atoms. The summed E-state index contributed by atoms with van der Waals surface area (Å²) >= 11 is 0. The third kappa shape index (κ3) is 7.59. The van der Waals surface area contributed by atoms with E-state index in [1.807, 2.05) is 18.2 Å². The second kappa shape index (κ2) is 9.53. The maximum atomic E-state index is 11.6. The molecule has 1 aromatic rings. The van der Waals surface area contributed by atoms with Crippen molar-refractivity contribution >= 4 is 5.97 Å². The largest absolute Gasteiger partial charge is 0.460 e. The van der Waals surface area contributed by atoms with Gasteiger partial charge in [0.05, 0.1) is 12.2 Å². The minimum atomic E-state index is -0.295. The van der Waals surface area contributed by atoms with Crippen LogP contribution in [0, 0.1) is 0 Å². The Labute approximate surface area is 115 Å². The molecular weight excluding hydrogens is 242 g/mol. The fraction of sp³-hybridized carbons (Fsp3) is 0.533. The quantitative estimate of drug-likeness (QED) is 0.507. The highest BCUT2D eigenvalue weighted by Crippen LogP contribution is 2.00. The van der Waals surface area contributed by atoms with E-state index in [0.717, 1.165) is 26.0 Å². The van der Waals surface area contributed by atoms with E-state index in [4.69, 9.17) is 9.47 Å². The molecule has 0 aliphatic rings. The molecule has 0 aliphatic carbocycles. The summed E-state index contributed by atoms with van der Waals surface area (Å²) in [6.45, 7) is 2.56. The molecule has 106 valence electrons. The van der Waals surface area contributed by atoms with Gasteiger partial charge < -0.3 is 14.4 Å². The molecule has 0 N–H and O–H groups in total. The van der Waals surface area contributed by atoms with Crippen molar-refractivity contribution in [2.24, 2.45) is 0 Å². The average Bonchev–Trinajstić information content (AvgIpc) is 2.42. The van der Waals surface area contributed by atoms with Gasteiger partial charge >= 0.3 is 5.97 Å². The third-order valence-corrected chi connectivity index (χ3v) is 2.61. The van der Waals surface area contributed by atoms with Crippen molar-refractivity contribution in [1.29, 1.82) is 0 Å². The van der Waals surface area contributed by atoms with Crippen LogP contribution in [0.4, 0.5) is 0 Å². The van der Waals surface area contributed by atoms with Crippen LogP contribution in [0.5, 0.6) is 0 Å².